The van der Waals surface area contributed by atoms with Crippen molar-refractivity contribution in [3.05, 3.63) is 6.33 Å². The lowest BCUT2D eigenvalue weighted by Gasteiger charge is -2.16. The summed E-state index contributed by atoms with van der Waals surface area (Å²) >= 11 is 1.91. The maximum Gasteiger partial charge on any atom is 0.239 e. The lowest BCUT2D eigenvalue weighted by molar-refractivity contribution is 0.663. The molecule has 13 heavy (non-hydrogen) atoms. The van der Waals surface area contributed by atoms with Crippen molar-refractivity contribution in [2.45, 2.75) is 32.1 Å². The smallest absolute Gasteiger partial charge is 0.239 e. The second kappa shape index (κ2) is 4.00. The highest BCUT2D eigenvalue weighted by Crippen LogP contribution is 2.22. The third-order valence-electron chi connectivity index (χ3n) is 1.41. The molecule has 0 saturated carbocycles. The number of nitrogens with two attached hydrogens (primary N) is 1. The van der Waals surface area contributed by atoms with Crippen LogP contribution < -0.4 is 5.73 Å². The summed E-state index contributed by atoms with van der Waals surface area (Å²) in [5, 5.41) is 4.00. The Morgan fingerprint density at radius 2 is 2.23 bits per heavy atom. The zero-order valence-electron chi connectivity index (χ0n) is 8.32. The summed E-state index contributed by atoms with van der Waals surface area (Å²) in [6.45, 7) is 7.47. The molecule has 0 fully saturated rings. The molecule has 0 aromatic carbocycles. The normalized spacial score (nSPS) is 11.9. The number of nitrogens with zero attached hydrogens (tertiary/aromatic N) is 3. The molecule has 0 aliphatic rings. The van der Waals surface area contributed by atoms with Crippen molar-refractivity contribution in [2.75, 3.05) is 11.5 Å². The van der Waals surface area contributed by atoms with E-state index in [0.29, 0.717) is 10.7 Å². The van der Waals surface area contributed by atoms with Gasteiger partial charge in [0, 0.05) is 10.5 Å². The molecule has 1 aromatic rings. The fraction of sp³-hybridized carbons (Fsp3) is 0.750. The van der Waals surface area contributed by atoms with Gasteiger partial charge in [-0.15, -0.1) is 5.10 Å². The van der Waals surface area contributed by atoms with Crippen molar-refractivity contribution >= 4 is 17.7 Å². The van der Waals surface area contributed by atoms with Crippen LogP contribution >= 0.6 is 11.8 Å². The van der Waals surface area contributed by atoms with Crippen LogP contribution in [0.15, 0.2) is 6.33 Å². The summed E-state index contributed by atoms with van der Waals surface area (Å²) in [6, 6.07) is 0. The Hall–Kier alpha value is -0.710. The van der Waals surface area contributed by atoms with Gasteiger partial charge >= 0.3 is 0 Å². The largest absolute Gasteiger partial charge is 0.367 e. The number of aryl methyl sites for hydroxylation is 1. The molecule has 4 nitrogen and oxygen atoms in total. The molecule has 74 valence electrons. The first-order valence-electron chi connectivity index (χ1n) is 4.26. The predicted molar refractivity (Wildman–Crippen MR) is 56.6 cm³/mol. The molecule has 0 aliphatic heterocycles. The van der Waals surface area contributed by atoms with Gasteiger partial charge in [-0.3, -0.25) is 0 Å². The Morgan fingerprint density at radius 1 is 1.54 bits per heavy atom. The maximum atomic E-state index is 5.39. The first kappa shape index (κ1) is 10.4. The molecule has 0 amide bonds. The molecule has 0 saturated heterocycles. The Labute approximate surface area is 82.9 Å². The fourth-order valence-corrected chi connectivity index (χ4v) is 1.75. The van der Waals surface area contributed by atoms with E-state index >= 15 is 0 Å². The molecule has 5 heteroatoms. The van der Waals surface area contributed by atoms with E-state index in [1.54, 1.807) is 11.0 Å². The van der Waals surface area contributed by atoms with E-state index in [1.807, 2.05) is 11.8 Å². The Morgan fingerprint density at radius 3 is 2.69 bits per heavy atom. The topological polar surface area (TPSA) is 56.7 Å². The van der Waals surface area contributed by atoms with Crippen LogP contribution in [-0.4, -0.2) is 25.3 Å². The third kappa shape index (κ3) is 4.17. The lowest BCUT2D eigenvalue weighted by Crippen LogP contribution is -2.11. The van der Waals surface area contributed by atoms with Crippen LogP contribution in [0.25, 0.3) is 0 Å². The number of anilines is 1. The van der Waals surface area contributed by atoms with Gasteiger partial charge in [-0.05, 0) is 0 Å². The number of hydrogen-bond donors (Lipinski definition) is 1. The van der Waals surface area contributed by atoms with Crippen LogP contribution in [0.2, 0.25) is 0 Å². The van der Waals surface area contributed by atoms with Crippen LogP contribution in [-0.2, 0) is 6.54 Å². The van der Waals surface area contributed by atoms with Crippen molar-refractivity contribution in [1.82, 2.24) is 14.8 Å². The highest BCUT2D eigenvalue weighted by molar-refractivity contribution is 8.00. The van der Waals surface area contributed by atoms with Gasteiger partial charge < -0.3 is 5.73 Å². The van der Waals surface area contributed by atoms with Crippen molar-refractivity contribution < 1.29 is 0 Å². The Balaban J connectivity index is 2.28. The van der Waals surface area contributed by atoms with Gasteiger partial charge in [-0.2, -0.15) is 11.8 Å². The number of nitrogen functional groups attached to an aromatic ring is 1. The molecule has 0 spiro atoms. The van der Waals surface area contributed by atoms with Crippen molar-refractivity contribution in [3.63, 3.8) is 0 Å². The van der Waals surface area contributed by atoms with Gasteiger partial charge in [-0.25, -0.2) is 9.67 Å². The van der Waals surface area contributed by atoms with E-state index in [1.165, 1.54) is 0 Å². The first-order chi connectivity index (χ1) is 5.97. The number of rotatable bonds is 3. The lowest BCUT2D eigenvalue weighted by atomic mass is 10.3. The molecule has 2 N–H and O–H groups in total. The van der Waals surface area contributed by atoms with Crippen molar-refractivity contribution in [2.24, 2.45) is 0 Å². The predicted octanol–water partition coefficient (Wildman–Crippen LogP) is 1.39. The minimum absolute atomic E-state index is 0.312. The first-order valence-corrected chi connectivity index (χ1v) is 5.25. The van der Waals surface area contributed by atoms with E-state index in [9.17, 15) is 0 Å². The second-order valence-electron chi connectivity index (χ2n) is 3.83. The van der Waals surface area contributed by atoms with Gasteiger partial charge in [0.1, 0.15) is 6.33 Å². The number of hydrogen-bond acceptors (Lipinski definition) is 4. The van der Waals surface area contributed by atoms with E-state index < -0.39 is 0 Å². The molecule has 0 atom stereocenters. The summed E-state index contributed by atoms with van der Waals surface area (Å²) in [7, 11) is 0. The van der Waals surface area contributed by atoms with Crippen molar-refractivity contribution in [1.29, 1.82) is 0 Å². The SMILES string of the molecule is CC(C)(C)SCCn1cnc(N)n1. The van der Waals surface area contributed by atoms with Crippen LogP contribution in [0.4, 0.5) is 5.95 Å². The van der Waals surface area contributed by atoms with Crippen LogP contribution in [0, 0.1) is 0 Å². The minimum Gasteiger partial charge on any atom is -0.367 e. The Kier molecular flexibility index (Phi) is 3.19. The third-order valence-corrected chi connectivity index (χ3v) is 2.66. The van der Waals surface area contributed by atoms with Gasteiger partial charge in [0.15, 0.2) is 0 Å². The van der Waals surface area contributed by atoms with Gasteiger partial charge in [0.05, 0.1) is 6.54 Å². The molecular weight excluding hydrogens is 184 g/mol. The summed E-state index contributed by atoms with van der Waals surface area (Å²) < 4.78 is 2.08. The highest BCUT2D eigenvalue weighted by Gasteiger charge is 2.09. The zero-order valence-corrected chi connectivity index (χ0v) is 9.14. The zero-order chi connectivity index (χ0) is 9.90. The summed E-state index contributed by atoms with van der Waals surface area (Å²) in [6.07, 6.45) is 1.67. The van der Waals surface area contributed by atoms with Gasteiger partial charge in [0.2, 0.25) is 5.95 Å². The Bertz CT molecular complexity index is 263. The van der Waals surface area contributed by atoms with Crippen LogP contribution in [0.3, 0.4) is 0 Å². The molecule has 1 rings (SSSR count). The molecule has 0 radical (unpaired) electrons. The summed E-state index contributed by atoms with van der Waals surface area (Å²) in [5.41, 5.74) is 5.39. The fourth-order valence-electron chi connectivity index (χ4n) is 0.862. The highest BCUT2D eigenvalue weighted by atomic mass is 32.2. The van der Waals surface area contributed by atoms with Gasteiger partial charge in [-0.1, -0.05) is 20.8 Å². The van der Waals surface area contributed by atoms with E-state index in [2.05, 4.69) is 30.9 Å². The second-order valence-corrected chi connectivity index (χ2v) is 5.75. The summed E-state index contributed by atoms with van der Waals surface area (Å²) in [4.78, 5) is 3.85. The summed E-state index contributed by atoms with van der Waals surface area (Å²) in [5.74, 6) is 1.38. The maximum absolute atomic E-state index is 5.39. The van der Waals surface area contributed by atoms with E-state index in [-0.39, 0.29) is 0 Å². The van der Waals surface area contributed by atoms with Crippen LogP contribution in [0.5, 0.6) is 0 Å². The molecule has 1 heterocycles. The average molecular weight is 200 g/mol. The van der Waals surface area contributed by atoms with Crippen molar-refractivity contribution in [3.8, 4) is 0 Å². The number of thioether (sulfide) groups is 1. The van der Waals surface area contributed by atoms with Crippen LogP contribution in [0.1, 0.15) is 20.8 Å². The van der Waals surface area contributed by atoms with E-state index in [4.69, 9.17) is 5.73 Å². The molecule has 0 aliphatic carbocycles. The molecule has 1 aromatic heterocycles. The van der Waals surface area contributed by atoms with Gasteiger partial charge in [0.25, 0.3) is 0 Å². The molecule has 0 unspecified atom stereocenters. The quantitative estimate of drug-likeness (QED) is 0.801. The molecular formula is C8H16N4S. The number of aromatic nitrogens is 3. The standard InChI is InChI=1S/C8H16N4S/c1-8(2,3)13-5-4-12-6-10-7(9)11-12/h6H,4-5H2,1-3H3,(H2,9,11). The minimum atomic E-state index is 0.312. The molecule has 0 bridgehead atoms. The monoisotopic (exact) mass is 200 g/mol. The average Bonchev–Trinajstić information content (AvgIpc) is 2.33. The van der Waals surface area contributed by atoms with E-state index in [0.717, 1.165) is 12.3 Å².